The number of carbonyl (C=O) groups is 2. The van der Waals surface area contributed by atoms with Gasteiger partial charge in [0.2, 0.25) is 0 Å². The van der Waals surface area contributed by atoms with E-state index in [9.17, 15) is 9.59 Å². The maximum atomic E-state index is 11.5. The van der Waals surface area contributed by atoms with E-state index >= 15 is 0 Å². The summed E-state index contributed by atoms with van der Waals surface area (Å²) in [6.45, 7) is 7.75. The molecule has 1 rings (SSSR count). The lowest BCUT2D eigenvalue weighted by atomic mass is 10.2. The standard InChI is InChI=1S/C19H33NO5/c1-2-3-7-14-24-18(21)9-10-19(22)25-15-8-5-4-6-11-20-12-16-23-17-13-20/h9-10H,2-8,11-17H2,1H3. The van der Waals surface area contributed by atoms with Crippen molar-refractivity contribution in [3.8, 4) is 0 Å². The van der Waals surface area contributed by atoms with Crippen LogP contribution in [0.1, 0.15) is 51.9 Å². The Kier molecular flexibility index (Phi) is 12.9. The van der Waals surface area contributed by atoms with Gasteiger partial charge in [0.25, 0.3) is 0 Å². The number of carbonyl (C=O) groups excluding carboxylic acids is 2. The molecule has 0 unspecified atom stereocenters. The number of unbranched alkanes of at least 4 members (excludes halogenated alkanes) is 5. The molecule has 25 heavy (non-hydrogen) atoms. The molecule has 0 bridgehead atoms. The number of hydrogen-bond donors (Lipinski definition) is 0. The average Bonchev–Trinajstić information content (AvgIpc) is 2.63. The van der Waals surface area contributed by atoms with Gasteiger partial charge in [-0.2, -0.15) is 0 Å². The molecular formula is C19H33NO5. The van der Waals surface area contributed by atoms with E-state index in [2.05, 4.69) is 11.8 Å². The fourth-order valence-corrected chi connectivity index (χ4v) is 2.55. The van der Waals surface area contributed by atoms with E-state index in [-0.39, 0.29) is 0 Å². The van der Waals surface area contributed by atoms with Crippen molar-refractivity contribution in [2.45, 2.75) is 51.9 Å². The van der Waals surface area contributed by atoms with Crippen LogP contribution in [0.25, 0.3) is 0 Å². The van der Waals surface area contributed by atoms with Crippen LogP contribution in [-0.4, -0.2) is 62.9 Å². The first kappa shape index (κ1) is 21.6. The van der Waals surface area contributed by atoms with E-state index in [0.29, 0.717) is 13.2 Å². The highest BCUT2D eigenvalue weighted by Gasteiger charge is 2.09. The summed E-state index contributed by atoms with van der Waals surface area (Å²) in [6.07, 6.45) is 9.43. The van der Waals surface area contributed by atoms with Crippen LogP contribution in [-0.2, 0) is 23.8 Å². The van der Waals surface area contributed by atoms with Gasteiger partial charge in [0, 0.05) is 25.2 Å². The third kappa shape index (κ3) is 12.6. The topological polar surface area (TPSA) is 65.1 Å². The Morgan fingerprint density at radius 2 is 1.44 bits per heavy atom. The Balaban J connectivity index is 1.92. The molecule has 0 spiro atoms. The number of esters is 2. The monoisotopic (exact) mass is 355 g/mol. The van der Waals surface area contributed by atoms with Gasteiger partial charge in [0.1, 0.15) is 0 Å². The zero-order valence-corrected chi connectivity index (χ0v) is 15.5. The van der Waals surface area contributed by atoms with Gasteiger partial charge in [-0.05, 0) is 25.8 Å². The van der Waals surface area contributed by atoms with Gasteiger partial charge in [0.15, 0.2) is 0 Å². The number of hydrogen-bond acceptors (Lipinski definition) is 6. The second kappa shape index (κ2) is 14.9. The highest BCUT2D eigenvalue weighted by molar-refractivity contribution is 5.91. The van der Waals surface area contributed by atoms with Crippen LogP contribution >= 0.6 is 0 Å². The molecule has 144 valence electrons. The molecule has 1 saturated heterocycles. The molecule has 1 fully saturated rings. The van der Waals surface area contributed by atoms with Crippen molar-refractivity contribution in [1.29, 1.82) is 0 Å². The summed E-state index contributed by atoms with van der Waals surface area (Å²) in [7, 11) is 0. The quantitative estimate of drug-likeness (QED) is 0.287. The van der Waals surface area contributed by atoms with Crippen molar-refractivity contribution in [1.82, 2.24) is 4.90 Å². The highest BCUT2D eigenvalue weighted by atomic mass is 16.5. The Morgan fingerprint density at radius 1 is 0.880 bits per heavy atom. The molecule has 0 N–H and O–H groups in total. The molecule has 0 radical (unpaired) electrons. The van der Waals surface area contributed by atoms with Gasteiger partial charge in [-0.25, -0.2) is 9.59 Å². The third-order valence-electron chi connectivity index (χ3n) is 4.06. The molecule has 1 heterocycles. The van der Waals surface area contributed by atoms with Gasteiger partial charge in [-0.3, -0.25) is 4.90 Å². The van der Waals surface area contributed by atoms with E-state index in [1.165, 1.54) is 0 Å². The maximum Gasteiger partial charge on any atom is 0.331 e. The van der Waals surface area contributed by atoms with Gasteiger partial charge < -0.3 is 14.2 Å². The summed E-state index contributed by atoms with van der Waals surface area (Å²) < 4.78 is 15.4. The van der Waals surface area contributed by atoms with Crippen molar-refractivity contribution in [3.63, 3.8) is 0 Å². The summed E-state index contributed by atoms with van der Waals surface area (Å²) in [5.41, 5.74) is 0. The van der Waals surface area contributed by atoms with Gasteiger partial charge in [0.05, 0.1) is 26.4 Å². The van der Waals surface area contributed by atoms with Crippen LogP contribution in [0.15, 0.2) is 12.2 Å². The van der Waals surface area contributed by atoms with Crippen LogP contribution < -0.4 is 0 Å². The molecule has 0 saturated carbocycles. The van der Waals surface area contributed by atoms with Crippen LogP contribution in [0.5, 0.6) is 0 Å². The Morgan fingerprint density at radius 3 is 2.04 bits per heavy atom. The number of nitrogens with zero attached hydrogens (tertiary/aromatic N) is 1. The molecule has 1 aliphatic rings. The van der Waals surface area contributed by atoms with Crippen molar-refractivity contribution in [2.24, 2.45) is 0 Å². The summed E-state index contributed by atoms with van der Waals surface area (Å²) in [5, 5.41) is 0. The smallest absolute Gasteiger partial charge is 0.331 e. The lowest BCUT2D eigenvalue weighted by Crippen LogP contribution is -2.36. The largest absolute Gasteiger partial charge is 0.463 e. The average molecular weight is 355 g/mol. The fourth-order valence-electron chi connectivity index (χ4n) is 2.55. The van der Waals surface area contributed by atoms with Crippen LogP contribution in [0.3, 0.4) is 0 Å². The maximum absolute atomic E-state index is 11.5. The Bertz CT molecular complexity index is 391. The van der Waals surface area contributed by atoms with Crippen LogP contribution in [0, 0.1) is 0 Å². The molecule has 0 aromatic carbocycles. The SMILES string of the molecule is CCCCCOC(=O)C=CC(=O)OCCCCCCN1CCOCC1. The molecule has 0 aliphatic carbocycles. The van der Waals surface area contributed by atoms with Crippen molar-refractivity contribution in [2.75, 3.05) is 46.1 Å². The summed E-state index contributed by atoms with van der Waals surface area (Å²) >= 11 is 0. The minimum absolute atomic E-state index is 0.395. The molecule has 6 heteroatoms. The molecular weight excluding hydrogens is 322 g/mol. The van der Waals surface area contributed by atoms with E-state index in [4.69, 9.17) is 14.2 Å². The summed E-state index contributed by atoms with van der Waals surface area (Å²) in [6, 6.07) is 0. The third-order valence-corrected chi connectivity index (χ3v) is 4.06. The first-order valence-electron chi connectivity index (χ1n) is 9.54. The second-order valence-corrected chi connectivity index (χ2v) is 6.24. The minimum atomic E-state index is -0.490. The fraction of sp³-hybridized carbons (Fsp3) is 0.789. The first-order chi connectivity index (χ1) is 12.2. The number of ether oxygens (including phenoxy) is 3. The van der Waals surface area contributed by atoms with E-state index < -0.39 is 11.9 Å². The zero-order chi connectivity index (χ0) is 18.2. The zero-order valence-electron chi connectivity index (χ0n) is 15.5. The second-order valence-electron chi connectivity index (χ2n) is 6.24. The Hall–Kier alpha value is -1.40. The Labute approximate surface area is 151 Å². The predicted octanol–water partition coefficient (Wildman–Crippen LogP) is 2.71. The number of morpholine rings is 1. The lowest BCUT2D eigenvalue weighted by molar-refractivity contribution is -0.140. The normalized spacial score (nSPS) is 15.4. The van der Waals surface area contributed by atoms with E-state index in [0.717, 1.165) is 89.9 Å². The van der Waals surface area contributed by atoms with Crippen LogP contribution in [0.2, 0.25) is 0 Å². The summed E-state index contributed by atoms with van der Waals surface area (Å²) in [5.74, 6) is -0.977. The van der Waals surface area contributed by atoms with Crippen molar-refractivity contribution >= 4 is 11.9 Å². The van der Waals surface area contributed by atoms with Crippen molar-refractivity contribution in [3.05, 3.63) is 12.2 Å². The molecule has 0 aromatic rings. The molecule has 6 nitrogen and oxygen atoms in total. The van der Waals surface area contributed by atoms with Gasteiger partial charge in [-0.15, -0.1) is 0 Å². The molecule has 0 amide bonds. The molecule has 1 aliphatic heterocycles. The molecule has 0 aromatic heterocycles. The van der Waals surface area contributed by atoms with E-state index in [1.807, 2.05) is 0 Å². The number of rotatable bonds is 13. The van der Waals surface area contributed by atoms with Crippen molar-refractivity contribution < 1.29 is 23.8 Å². The summed E-state index contributed by atoms with van der Waals surface area (Å²) in [4.78, 5) is 25.3. The van der Waals surface area contributed by atoms with E-state index in [1.54, 1.807) is 0 Å². The highest BCUT2D eigenvalue weighted by Crippen LogP contribution is 2.04. The first-order valence-corrected chi connectivity index (χ1v) is 9.54. The molecule has 0 atom stereocenters. The van der Waals surface area contributed by atoms with Gasteiger partial charge >= 0.3 is 11.9 Å². The van der Waals surface area contributed by atoms with Gasteiger partial charge in [-0.1, -0.05) is 32.6 Å². The lowest BCUT2D eigenvalue weighted by Gasteiger charge is -2.26. The van der Waals surface area contributed by atoms with Crippen LogP contribution in [0.4, 0.5) is 0 Å². The minimum Gasteiger partial charge on any atom is -0.463 e. The predicted molar refractivity (Wildman–Crippen MR) is 96.3 cm³/mol.